The molecule has 0 aliphatic heterocycles. The fraction of sp³-hybridized carbons (Fsp3) is 0.286. The van der Waals surface area contributed by atoms with Crippen molar-refractivity contribution >= 4 is 16.8 Å². The van der Waals surface area contributed by atoms with Crippen LogP contribution in [0.4, 0.5) is 0 Å². The maximum atomic E-state index is 12.5. The molecule has 3 aromatic rings. The van der Waals surface area contributed by atoms with Crippen LogP contribution >= 0.6 is 0 Å². The number of ether oxygens (including phenoxy) is 1. The van der Waals surface area contributed by atoms with Crippen LogP contribution in [0.15, 0.2) is 61.1 Å². The zero-order valence-electron chi connectivity index (χ0n) is 14.8. The van der Waals surface area contributed by atoms with E-state index in [1.807, 2.05) is 24.3 Å². The number of pyridine rings is 2. The van der Waals surface area contributed by atoms with Crippen molar-refractivity contribution in [2.24, 2.45) is 5.92 Å². The van der Waals surface area contributed by atoms with Crippen molar-refractivity contribution in [3.63, 3.8) is 0 Å². The molecule has 6 heteroatoms. The van der Waals surface area contributed by atoms with Crippen LogP contribution in [0.3, 0.4) is 0 Å². The number of aromatic nitrogens is 2. The van der Waals surface area contributed by atoms with E-state index in [-0.39, 0.29) is 30.6 Å². The number of fused-ring (bicyclic) bond motifs is 1. The van der Waals surface area contributed by atoms with E-state index in [4.69, 9.17) is 4.74 Å². The lowest BCUT2D eigenvalue weighted by Crippen LogP contribution is -2.42. The number of hydrogen-bond acceptors (Lipinski definition) is 5. The molecule has 0 radical (unpaired) electrons. The van der Waals surface area contributed by atoms with Gasteiger partial charge < -0.3 is 15.2 Å². The number of nitrogens with zero attached hydrogens (tertiary/aromatic N) is 2. The fourth-order valence-electron chi connectivity index (χ4n) is 3.43. The van der Waals surface area contributed by atoms with E-state index in [1.54, 1.807) is 30.7 Å². The molecule has 2 aromatic heterocycles. The Morgan fingerprint density at radius 1 is 1.22 bits per heavy atom. The SMILES string of the molecule is O=C(COc1cccnc1)NC(c1cnc2ccccc2c1)C1CC(O)C1. The molecule has 1 saturated carbocycles. The summed E-state index contributed by atoms with van der Waals surface area (Å²) in [4.78, 5) is 20.9. The molecule has 1 atom stereocenters. The van der Waals surface area contributed by atoms with Gasteiger partial charge in [0.2, 0.25) is 0 Å². The number of aliphatic hydroxyl groups excluding tert-OH is 1. The van der Waals surface area contributed by atoms with Gasteiger partial charge in [0.25, 0.3) is 5.91 Å². The monoisotopic (exact) mass is 363 g/mol. The van der Waals surface area contributed by atoms with Crippen LogP contribution in [0.5, 0.6) is 5.75 Å². The fourth-order valence-corrected chi connectivity index (χ4v) is 3.43. The number of carbonyl (C=O) groups excluding carboxylic acids is 1. The average Bonchev–Trinajstić information content (AvgIpc) is 2.69. The molecule has 0 spiro atoms. The zero-order valence-corrected chi connectivity index (χ0v) is 14.8. The molecular weight excluding hydrogens is 342 g/mol. The van der Waals surface area contributed by atoms with Crippen LogP contribution in [-0.2, 0) is 4.79 Å². The average molecular weight is 363 g/mol. The lowest BCUT2D eigenvalue weighted by atomic mass is 9.75. The molecule has 0 saturated heterocycles. The number of benzene rings is 1. The third-order valence-electron chi connectivity index (χ3n) is 4.91. The first kappa shape index (κ1) is 17.4. The zero-order chi connectivity index (χ0) is 18.6. The molecule has 6 nitrogen and oxygen atoms in total. The lowest BCUT2D eigenvalue weighted by Gasteiger charge is -2.38. The number of nitrogens with one attached hydrogen (secondary N) is 1. The van der Waals surface area contributed by atoms with Crippen molar-refractivity contribution in [1.82, 2.24) is 15.3 Å². The summed E-state index contributed by atoms with van der Waals surface area (Å²) < 4.78 is 5.49. The standard InChI is InChI=1S/C21H21N3O3/c25-17-9-15(10-17)21(16-8-14-4-1-2-6-19(14)23-11-16)24-20(26)13-27-18-5-3-7-22-12-18/h1-8,11-12,15,17,21,25H,9-10,13H2,(H,24,26). The van der Waals surface area contributed by atoms with Crippen molar-refractivity contribution < 1.29 is 14.6 Å². The van der Waals surface area contributed by atoms with Crippen molar-refractivity contribution in [1.29, 1.82) is 0 Å². The minimum absolute atomic E-state index is 0.0848. The predicted molar refractivity (Wildman–Crippen MR) is 101 cm³/mol. The summed E-state index contributed by atoms with van der Waals surface area (Å²) in [6, 6.07) is 13.3. The Bertz CT molecular complexity index is 926. The molecule has 1 aliphatic rings. The second kappa shape index (κ2) is 7.72. The number of para-hydroxylation sites is 1. The molecule has 4 rings (SSSR count). The van der Waals surface area contributed by atoms with Crippen molar-refractivity contribution in [3.8, 4) is 5.75 Å². The smallest absolute Gasteiger partial charge is 0.258 e. The summed E-state index contributed by atoms with van der Waals surface area (Å²) in [7, 11) is 0. The maximum Gasteiger partial charge on any atom is 0.258 e. The van der Waals surface area contributed by atoms with Crippen LogP contribution in [0, 0.1) is 5.92 Å². The van der Waals surface area contributed by atoms with E-state index < -0.39 is 0 Å². The van der Waals surface area contributed by atoms with Gasteiger partial charge in [-0.25, -0.2) is 0 Å². The molecule has 0 bridgehead atoms. The van der Waals surface area contributed by atoms with E-state index >= 15 is 0 Å². The third kappa shape index (κ3) is 4.06. The number of rotatable bonds is 6. The number of amides is 1. The highest BCUT2D eigenvalue weighted by Crippen LogP contribution is 2.38. The van der Waals surface area contributed by atoms with Gasteiger partial charge in [-0.15, -0.1) is 0 Å². The van der Waals surface area contributed by atoms with E-state index in [2.05, 4.69) is 21.4 Å². The highest BCUT2D eigenvalue weighted by Gasteiger charge is 2.36. The number of hydrogen-bond donors (Lipinski definition) is 2. The third-order valence-corrected chi connectivity index (χ3v) is 4.91. The molecule has 27 heavy (non-hydrogen) atoms. The van der Waals surface area contributed by atoms with Gasteiger partial charge in [0, 0.05) is 17.8 Å². The van der Waals surface area contributed by atoms with Gasteiger partial charge in [-0.3, -0.25) is 14.8 Å². The first-order valence-corrected chi connectivity index (χ1v) is 9.04. The summed E-state index contributed by atoms with van der Waals surface area (Å²) in [5.74, 6) is 0.527. The van der Waals surface area contributed by atoms with Crippen LogP contribution < -0.4 is 10.1 Å². The van der Waals surface area contributed by atoms with Crippen molar-refractivity contribution in [3.05, 3.63) is 66.6 Å². The first-order chi connectivity index (χ1) is 13.2. The predicted octanol–water partition coefficient (Wildman–Crippen LogP) is 2.64. The minimum atomic E-state index is -0.297. The first-order valence-electron chi connectivity index (χ1n) is 9.04. The highest BCUT2D eigenvalue weighted by atomic mass is 16.5. The summed E-state index contributed by atoms with van der Waals surface area (Å²) in [5, 5.41) is 13.8. The Hall–Kier alpha value is -2.99. The van der Waals surface area contributed by atoms with E-state index in [0.717, 1.165) is 16.5 Å². The summed E-state index contributed by atoms with van der Waals surface area (Å²) in [6.45, 7) is -0.0848. The Morgan fingerprint density at radius 2 is 2.07 bits per heavy atom. The summed E-state index contributed by atoms with van der Waals surface area (Å²) in [6.07, 6.45) is 6.06. The molecule has 1 unspecified atom stereocenters. The summed E-state index contributed by atoms with van der Waals surface area (Å²) >= 11 is 0. The second-order valence-electron chi connectivity index (χ2n) is 6.87. The Balaban J connectivity index is 1.49. The number of aliphatic hydroxyl groups is 1. The van der Waals surface area contributed by atoms with E-state index in [0.29, 0.717) is 18.6 Å². The van der Waals surface area contributed by atoms with Gasteiger partial charge in [-0.1, -0.05) is 18.2 Å². The van der Waals surface area contributed by atoms with Gasteiger partial charge in [0.15, 0.2) is 6.61 Å². The van der Waals surface area contributed by atoms with Gasteiger partial charge in [0.05, 0.1) is 23.9 Å². The second-order valence-corrected chi connectivity index (χ2v) is 6.87. The molecule has 2 N–H and O–H groups in total. The van der Waals surface area contributed by atoms with Gasteiger partial charge in [-0.2, -0.15) is 0 Å². The largest absolute Gasteiger partial charge is 0.482 e. The molecule has 1 amide bonds. The summed E-state index contributed by atoms with van der Waals surface area (Å²) in [5.41, 5.74) is 1.86. The van der Waals surface area contributed by atoms with E-state index in [1.165, 1.54) is 0 Å². The van der Waals surface area contributed by atoms with Gasteiger partial charge >= 0.3 is 0 Å². The highest BCUT2D eigenvalue weighted by molar-refractivity contribution is 5.80. The molecule has 138 valence electrons. The molecule has 2 heterocycles. The van der Waals surface area contributed by atoms with Crippen LogP contribution in [0.25, 0.3) is 10.9 Å². The molecular formula is C21H21N3O3. The van der Waals surface area contributed by atoms with Crippen LogP contribution in [-0.4, -0.2) is 33.7 Å². The van der Waals surface area contributed by atoms with Gasteiger partial charge in [0.1, 0.15) is 5.75 Å². The van der Waals surface area contributed by atoms with Crippen LogP contribution in [0.2, 0.25) is 0 Å². The topological polar surface area (TPSA) is 84.3 Å². The lowest BCUT2D eigenvalue weighted by molar-refractivity contribution is -0.125. The molecule has 1 aliphatic carbocycles. The molecule has 1 fully saturated rings. The maximum absolute atomic E-state index is 12.5. The Kier molecular flexibility index (Phi) is 4.98. The molecule has 1 aromatic carbocycles. The van der Waals surface area contributed by atoms with Crippen LogP contribution in [0.1, 0.15) is 24.4 Å². The Morgan fingerprint density at radius 3 is 2.85 bits per heavy atom. The van der Waals surface area contributed by atoms with E-state index in [9.17, 15) is 9.90 Å². The minimum Gasteiger partial charge on any atom is -0.482 e. The van der Waals surface area contributed by atoms with Gasteiger partial charge in [-0.05, 0) is 48.6 Å². The Labute approximate surface area is 157 Å². The van der Waals surface area contributed by atoms with Crippen molar-refractivity contribution in [2.45, 2.75) is 25.0 Å². The normalized spacial score (nSPS) is 19.9. The quantitative estimate of drug-likeness (QED) is 0.703. The van der Waals surface area contributed by atoms with Crippen molar-refractivity contribution in [2.75, 3.05) is 6.61 Å². The number of carbonyl (C=O) groups is 1.